The molecule has 1 aromatic carbocycles. The maximum absolute atomic E-state index is 11.8. The zero-order chi connectivity index (χ0) is 14.6. The number of halogens is 1. The molecule has 0 fully saturated rings. The van der Waals surface area contributed by atoms with Crippen LogP contribution in [0.3, 0.4) is 0 Å². The Labute approximate surface area is 116 Å². The van der Waals surface area contributed by atoms with Crippen molar-refractivity contribution < 1.29 is 14.7 Å². The normalized spacial score (nSPS) is 12.3. The molecule has 0 bridgehead atoms. The predicted octanol–water partition coefficient (Wildman–Crippen LogP) is 2.35. The zero-order valence-corrected chi connectivity index (χ0v) is 11.6. The summed E-state index contributed by atoms with van der Waals surface area (Å²) in [6.07, 6.45) is 0.561. The average molecular weight is 285 g/mol. The summed E-state index contributed by atoms with van der Waals surface area (Å²) < 4.78 is 0. The van der Waals surface area contributed by atoms with E-state index in [9.17, 15) is 9.59 Å². The Kier molecular flexibility index (Phi) is 5.32. The lowest BCUT2D eigenvalue weighted by atomic mass is 10.0. The number of amides is 1. The van der Waals surface area contributed by atoms with Crippen LogP contribution in [0.5, 0.6) is 0 Å². The van der Waals surface area contributed by atoms with Crippen molar-refractivity contribution in [3.8, 4) is 0 Å². The number of hydrogen-bond acceptors (Lipinski definition) is 3. The number of aromatic carboxylic acids is 1. The molecule has 5 nitrogen and oxygen atoms in total. The third-order valence-corrected chi connectivity index (χ3v) is 2.86. The molecule has 0 saturated carbocycles. The SMILES string of the molecule is CC(C)C[C@H](N)C(=O)Nc1ccc(Cl)c(C(=O)O)c1. The van der Waals surface area contributed by atoms with Crippen LogP contribution in [0, 0.1) is 5.92 Å². The topological polar surface area (TPSA) is 92.4 Å². The number of hydrogen-bond donors (Lipinski definition) is 3. The minimum absolute atomic E-state index is 0.0584. The first-order valence-electron chi connectivity index (χ1n) is 5.90. The van der Waals surface area contributed by atoms with Crippen molar-refractivity contribution in [2.45, 2.75) is 26.3 Å². The summed E-state index contributed by atoms with van der Waals surface area (Å²) in [7, 11) is 0. The molecule has 0 aliphatic carbocycles. The van der Waals surface area contributed by atoms with Gasteiger partial charge < -0.3 is 16.2 Å². The molecule has 0 heterocycles. The summed E-state index contributed by atoms with van der Waals surface area (Å²) in [5.74, 6) is -1.18. The number of nitrogens with two attached hydrogens (primary N) is 1. The van der Waals surface area contributed by atoms with Gasteiger partial charge in [0.05, 0.1) is 16.6 Å². The second kappa shape index (κ2) is 6.54. The van der Waals surface area contributed by atoms with E-state index < -0.39 is 12.0 Å². The number of carboxylic acid groups (broad SMARTS) is 1. The van der Waals surface area contributed by atoms with Crippen LogP contribution in [0.4, 0.5) is 5.69 Å². The molecule has 4 N–H and O–H groups in total. The molecule has 1 rings (SSSR count). The summed E-state index contributed by atoms with van der Waals surface area (Å²) in [5.41, 5.74) is 6.05. The first kappa shape index (κ1) is 15.5. The Bertz CT molecular complexity index is 489. The number of benzene rings is 1. The van der Waals surface area contributed by atoms with Crippen molar-refractivity contribution in [3.63, 3.8) is 0 Å². The van der Waals surface area contributed by atoms with Crippen LogP contribution in [0.1, 0.15) is 30.6 Å². The molecule has 0 aliphatic rings. The van der Waals surface area contributed by atoms with Gasteiger partial charge in [0, 0.05) is 5.69 Å². The summed E-state index contributed by atoms with van der Waals surface area (Å²) in [6, 6.07) is 3.65. The Morgan fingerprint density at radius 2 is 2.05 bits per heavy atom. The highest BCUT2D eigenvalue weighted by atomic mass is 35.5. The maximum atomic E-state index is 11.8. The van der Waals surface area contributed by atoms with Crippen LogP contribution < -0.4 is 11.1 Å². The van der Waals surface area contributed by atoms with Crippen LogP contribution in [0.15, 0.2) is 18.2 Å². The van der Waals surface area contributed by atoms with Gasteiger partial charge in [-0.2, -0.15) is 0 Å². The van der Waals surface area contributed by atoms with Gasteiger partial charge in [-0.1, -0.05) is 25.4 Å². The number of rotatable bonds is 5. The van der Waals surface area contributed by atoms with Crippen molar-refractivity contribution >= 4 is 29.2 Å². The first-order chi connectivity index (χ1) is 8.81. The van der Waals surface area contributed by atoms with Crippen molar-refractivity contribution in [3.05, 3.63) is 28.8 Å². The minimum atomic E-state index is -1.15. The van der Waals surface area contributed by atoms with Gasteiger partial charge in [0.25, 0.3) is 0 Å². The van der Waals surface area contributed by atoms with E-state index >= 15 is 0 Å². The zero-order valence-electron chi connectivity index (χ0n) is 10.8. The van der Waals surface area contributed by atoms with Crippen molar-refractivity contribution in [1.82, 2.24) is 0 Å². The molecule has 0 unspecified atom stereocenters. The smallest absolute Gasteiger partial charge is 0.337 e. The van der Waals surface area contributed by atoms with Crippen LogP contribution in [0.25, 0.3) is 0 Å². The molecule has 19 heavy (non-hydrogen) atoms. The van der Waals surface area contributed by atoms with Gasteiger partial charge in [0.2, 0.25) is 5.91 Å². The lowest BCUT2D eigenvalue weighted by molar-refractivity contribution is -0.117. The van der Waals surface area contributed by atoms with Crippen LogP contribution in [-0.4, -0.2) is 23.0 Å². The molecule has 104 valence electrons. The van der Waals surface area contributed by atoms with E-state index in [4.69, 9.17) is 22.4 Å². The fourth-order valence-electron chi connectivity index (χ4n) is 1.62. The van der Waals surface area contributed by atoms with E-state index in [-0.39, 0.29) is 16.5 Å². The van der Waals surface area contributed by atoms with Crippen LogP contribution >= 0.6 is 11.6 Å². The Morgan fingerprint density at radius 1 is 1.42 bits per heavy atom. The van der Waals surface area contributed by atoms with Gasteiger partial charge in [-0.3, -0.25) is 4.79 Å². The standard InChI is InChI=1S/C13H17ClN2O3/c1-7(2)5-11(15)12(17)16-8-3-4-10(14)9(6-8)13(18)19/h3-4,6-7,11H,5,15H2,1-2H3,(H,16,17)(H,18,19)/t11-/m0/s1. The van der Waals surface area contributed by atoms with Gasteiger partial charge in [0.1, 0.15) is 0 Å². The number of anilines is 1. The molecule has 6 heteroatoms. The van der Waals surface area contributed by atoms with Gasteiger partial charge in [0.15, 0.2) is 0 Å². The lowest BCUT2D eigenvalue weighted by Gasteiger charge is -2.14. The number of carbonyl (C=O) groups is 2. The third-order valence-electron chi connectivity index (χ3n) is 2.53. The monoisotopic (exact) mass is 284 g/mol. The Hall–Kier alpha value is -1.59. The van der Waals surface area contributed by atoms with Gasteiger partial charge in [-0.05, 0) is 30.5 Å². The molecule has 0 radical (unpaired) electrons. The highest BCUT2D eigenvalue weighted by Crippen LogP contribution is 2.20. The quantitative estimate of drug-likeness (QED) is 0.774. The highest BCUT2D eigenvalue weighted by molar-refractivity contribution is 6.33. The number of nitrogens with one attached hydrogen (secondary N) is 1. The summed E-state index contributed by atoms with van der Waals surface area (Å²) in [4.78, 5) is 22.7. The molecule has 1 amide bonds. The third kappa shape index (κ3) is 4.54. The Balaban J connectivity index is 2.80. The van der Waals surface area contributed by atoms with E-state index in [1.54, 1.807) is 0 Å². The van der Waals surface area contributed by atoms with E-state index in [2.05, 4.69) is 5.32 Å². The first-order valence-corrected chi connectivity index (χ1v) is 6.28. The molecule has 0 aromatic heterocycles. The molecule has 1 atom stereocenters. The fourth-order valence-corrected chi connectivity index (χ4v) is 1.82. The maximum Gasteiger partial charge on any atom is 0.337 e. The van der Waals surface area contributed by atoms with Crippen LogP contribution in [-0.2, 0) is 4.79 Å². The second-order valence-corrected chi connectivity index (χ2v) is 5.13. The molecular weight excluding hydrogens is 268 g/mol. The van der Waals surface area contributed by atoms with Gasteiger partial charge >= 0.3 is 5.97 Å². The van der Waals surface area contributed by atoms with Crippen molar-refractivity contribution in [1.29, 1.82) is 0 Å². The van der Waals surface area contributed by atoms with Crippen molar-refractivity contribution in [2.75, 3.05) is 5.32 Å². The fraction of sp³-hybridized carbons (Fsp3) is 0.385. The largest absolute Gasteiger partial charge is 0.478 e. The van der Waals surface area contributed by atoms with Gasteiger partial charge in [-0.15, -0.1) is 0 Å². The molecule has 0 aliphatic heterocycles. The van der Waals surface area contributed by atoms with E-state index in [0.717, 1.165) is 0 Å². The number of carboxylic acids is 1. The van der Waals surface area contributed by atoms with E-state index in [0.29, 0.717) is 18.0 Å². The van der Waals surface area contributed by atoms with E-state index in [1.165, 1.54) is 18.2 Å². The Morgan fingerprint density at radius 3 is 2.58 bits per heavy atom. The van der Waals surface area contributed by atoms with Crippen LogP contribution in [0.2, 0.25) is 5.02 Å². The molecular formula is C13H17ClN2O3. The number of carbonyl (C=O) groups excluding carboxylic acids is 1. The minimum Gasteiger partial charge on any atom is -0.478 e. The molecule has 0 saturated heterocycles. The highest BCUT2D eigenvalue weighted by Gasteiger charge is 2.16. The van der Waals surface area contributed by atoms with Crippen molar-refractivity contribution in [2.24, 2.45) is 11.7 Å². The lowest BCUT2D eigenvalue weighted by Crippen LogP contribution is -2.36. The summed E-state index contributed by atoms with van der Waals surface area (Å²) in [6.45, 7) is 3.94. The summed E-state index contributed by atoms with van der Waals surface area (Å²) >= 11 is 5.74. The second-order valence-electron chi connectivity index (χ2n) is 4.73. The van der Waals surface area contributed by atoms with E-state index in [1.807, 2.05) is 13.8 Å². The summed E-state index contributed by atoms with van der Waals surface area (Å²) in [5, 5.41) is 11.6. The molecule has 1 aromatic rings. The average Bonchev–Trinajstić information content (AvgIpc) is 2.30. The van der Waals surface area contributed by atoms with Gasteiger partial charge in [-0.25, -0.2) is 4.79 Å². The predicted molar refractivity (Wildman–Crippen MR) is 74.5 cm³/mol. The molecule has 0 spiro atoms.